The molecule has 0 saturated heterocycles. The molecule has 1 aromatic carbocycles. The number of carbonyl (C=O) groups excluding carboxylic acids is 1. The van der Waals surface area contributed by atoms with E-state index in [2.05, 4.69) is 10.1 Å². The summed E-state index contributed by atoms with van der Waals surface area (Å²) in [6.07, 6.45) is -7.19. The lowest BCUT2D eigenvalue weighted by molar-refractivity contribution is -0.281. The number of halogens is 5. The van der Waals surface area contributed by atoms with Crippen molar-refractivity contribution in [2.45, 2.75) is 24.7 Å². The van der Waals surface area contributed by atoms with Crippen LogP contribution in [0.3, 0.4) is 0 Å². The Morgan fingerprint density at radius 1 is 1.22 bits per heavy atom. The van der Waals surface area contributed by atoms with Crippen molar-refractivity contribution in [1.82, 2.24) is 0 Å². The van der Waals surface area contributed by atoms with E-state index in [1.54, 1.807) is 24.3 Å². The van der Waals surface area contributed by atoms with E-state index in [1.165, 1.54) is 0 Å². The summed E-state index contributed by atoms with van der Waals surface area (Å²) in [6.45, 7) is 0.227. The van der Waals surface area contributed by atoms with Crippen LogP contribution in [0.5, 0.6) is 0 Å². The highest BCUT2D eigenvalue weighted by molar-refractivity contribution is 5.83. The molecule has 1 atom stereocenters. The average Bonchev–Trinajstić information content (AvgIpc) is 2.96. The number of rotatable bonds is 2. The second-order valence-electron chi connectivity index (χ2n) is 5.00. The molecule has 1 unspecified atom stereocenters. The van der Waals surface area contributed by atoms with Crippen molar-refractivity contribution in [3.63, 3.8) is 0 Å². The molecule has 0 radical (unpaired) electrons. The van der Waals surface area contributed by atoms with E-state index in [4.69, 9.17) is 4.74 Å². The van der Waals surface area contributed by atoms with E-state index in [1.807, 2.05) is 0 Å². The summed E-state index contributed by atoms with van der Waals surface area (Å²) < 4.78 is 72.6. The van der Waals surface area contributed by atoms with Gasteiger partial charge in [0, 0.05) is 23.2 Å². The minimum atomic E-state index is -6.01. The highest BCUT2D eigenvalue weighted by atomic mass is 19.4. The molecule has 23 heavy (non-hydrogen) atoms. The van der Waals surface area contributed by atoms with E-state index in [0.29, 0.717) is 22.6 Å². The maximum Gasteiger partial charge on any atom is 0.465 e. The van der Waals surface area contributed by atoms with E-state index in [0.717, 1.165) is 0 Å². The van der Waals surface area contributed by atoms with Gasteiger partial charge in [0.1, 0.15) is 5.76 Å². The molecular formula is C14H10F5NO3. The van der Waals surface area contributed by atoms with Crippen LogP contribution in [0.25, 0.3) is 5.76 Å². The fourth-order valence-corrected chi connectivity index (χ4v) is 2.40. The third-order valence-electron chi connectivity index (χ3n) is 3.52. The van der Waals surface area contributed by atoms with Crippen molar-refractivity contribution in [1.29, 1.82) is 0 Å². The molecule has 3 rings (SSSR count). The molecule has 2 heterocycles. The van der Waals surface area contributed by atoms with E-state index >= 15 is 0 Å². The molecule has 0 bridgehead atoms. The van der Waals surface area contributed by atoms with Gasteiger partial charge in [-0.3, -0.25) is 0 Å². The molecule has 2 aliphatic heterocycles. The van der Waals surface area contributed by atoms with Crippen molar-refractivity contribution in [2.75, 3.05) is 11.9 Å². The lowest BCUT2D eigenvalue weighted by atomic mass is 10.0. The fourth-order valence-electron chi connectivity index (χ4n) is 2.40. The minimum absolute atomic E-state index is 0.227. The molecule has 9 heteroatoms. The maximum atomic E-state index is 13.0. The predicted molar refractivity (Wildman–Crippen MR) is 68.4 cm³/mol. The number of benzene rings is 1. The Morgan fingerprint density at radius 3 is 2.61 bits per heavy atom. The van der Waals surface area contributed by atoms with Gasteiger partial charge in [-0.2, -0.15) is 22.0 Å². The summed E-state index contributed by atoms with van der Waals surface area (Å²) in [4.78, 5) is 11.3. The first-order valence-corrected chi connectivity index (χ1v) is 6.59. The zero-order chi connectivity index (χ0) is 16.8. The van der Waals surface area contributed by atoms with Crippen LogP contribution in [0, 0.1) is 0 Å². The monoisotopic (exact) mass is 335 g/mol. The topological polar surface area (TPSA) is 47.6 Å². The van der Waals surface area contributed by atoms with Crippen LogP contribution in [-0.2, 0) is 14.3 Å². The van der Waals surface area contributed by atoms with Crippen molar-refractivity contribution >= 4 is 17.4 Å². The number of carbonyl (C=O) groups is 1. The average molecular weight is 335 g/mol. The first-order chi connectivity index (χ1) is 10.7. The normalized spacial score (nSPS) is 20.3. The molecule has 0 spiro atoms. The number of ether oxygens (including phenoxy) is 2. The van der Waals surface area contributed by atoms with E-state index in [9.17, 15) is 26.7 Å². The number of esters is 1. The Hall–Kier alpha value is -2.32. The van der Waals surface area contributed by atoms with Crippen LogP contribution < -0.4 is 5.32 Å². The van der Waals surface area contributed by atoms with Gasteiger partial charge in [0.2, 0.25) is 0 Å². The molecular weight excluding hydrogens is 325 g/mol. The molecule has 0 aliphatic carbocycles. The molecule has 0 amide bonds. The third-order valence-corrected chi connectivity index (χ3v) is 3.52. The van der Waals surface area contributed by atoms with Crippen molar-refractivity contribution < 1.29 is 36.2 Å². The smallest absolute Gasteiger partial charge is 0.465 e. The number of alkyl halides is 5. The first kappa shape index (κ1) is 15.6. The fraction of sp³-hybridized carbons (Fsp3) is 0.357. The standard InChI is InChI=1S/C14H10F5NO3/c15-13(16,14(17,18)19)12(21)23-11-8-5-6-22-10(8)7-3-1-2-4-9(7)20-11/h1-4,11,20H,5-6H2. The third kappa shape index (κ3) is 2.49. The summed E-state index contributed by atoms with van der Waals surface area (Å²) in [7, 11) is 0. The Balaban J connectivity index is 1.88. The van der Waals surface area contributed by atoms with Gasteiger partial charge in [-0.15, -0.1) is 0 Å². The zero-order valence-corrected chi connectivity index (χ0v) is 11.4. The largest absolute Gasteiger partial charge is 0.492 e. The minimum Gasteiger partial charge on any atom is -0.492 e. The number of para-hydroxylation sites is 1. The zero-order valence-electron chi connectivity index (χ0n) is 11.4. The number of fused-ring (bicyclic) bond motifs is 2. The highest BCUT2D eigenvalue weighted by Gasteiger charge is 2.65. The lowest BCUT2D eigenvalue weighted by Crippen LogP contribution is -2.47. The first-order valence-electron chi connectivity index (χ1n) is 6.59. The Labute approximate surface area is 126 Å². The van der Waals surface area contributed by atoms with Crippen molar-refractivity contribution in [2.24, 2.45) is 0 Å². The van der Waals surface area contributed by atoms with Gasteiger partial charge < -0.3 is 14.8 Å². The molecule has 0 saturated carbocycles. The molecule has 1 aromatic rings. The van der Waals surface area contributed by atoms with Gasteiger partial charge in [0.05, 0.1) is 6.61 Å². The molecule has 124 valence electrons. The van der Waals surface area contributed by atoms with Crippen LogP contribution in [0.4, 0.5) is 27.6 Å². The van der Waals surface area contributed by atoms with E-state index < -0.39 is 24.3 Å². The number of hydrogen-bond donors (Lipinski definition) is 1. The molecule has 2 aliphatic rings. The van der Waals surface area contributed by atoms with Crippen LogP contribution in [0.15, 0.2) is 29.8 Å². The van der Waals surface area contributed by atoms with Gasteiger partial charge in [0.15, 0.2) is 6.23 Å². The number of nitrogens with one attached hydrogen (secondary N) is 1. The lowest BCUT2D eigenvalue weighted by Gasteiger charge is -2.29. The van der Waals surface area contributed by atoms with Gasteiger partial charge in [-0.1, -0.05) is 12.1 Å². The van der Waals surface area contributed by atoms with Crippen molar-refractivity contribution in [3.05, 3.63) is 35.4 Å². The summed E-state index contributed by atoms with van der Waals surface area (Å²) in [5, 5.41) is 2.64. The highest BCUT2D eigenvalue weighted by Crippen LogP contribution is 2.41. The summed E-state index contributed by atoms with van der Waals surface area (Å²) in [5.74, 6) is -7.89. The second kappa shape index (κ2) is 5.10. The quantitative estimate of drug-likeness (QED) is 0.665. The number of hydrogen-bond acceptors (Lipinski definition) is 4. The Bertz CT molecular complexity index is 683. The van der Waals surface area contributed by atoms with Crippen LogP contribution in [0.1, 0.15) is 12.0 Å². The van der Waals surface area contributed by atoms with Gasteiger partial charge in [-0.25, -0.2) is 4.79 Å². The van der Waals surface area contributed by atoms with Crippen molar-refractivity contribution in [3.8, 4) is 0 Å². The van der Waals surface area contributed by atoms with Gasteiger partial charge in [-0.05, 0) is 12.1 Å². The Morgan fingerprint density at radius 2 is 1.91 bits per heavy atom. The van der Waals surface area contributed by atoms with Crippen LogP contribution >= 0.6 is 0 Å². The van der Waals surface area contributed by atoms with Gasteiger partial charge in [0.25, 0.3) is 0 Å². The summed E-state index contributed by atoms with van der Waals surface area (Å²) in [5.41, 5.74) is 1.38. The maximum absolute atomic E-state index is 13.0. The second-order valence-corrected chi connectivity index (χ2v) is 5.00. The Kier molecular flexibility index (Phi) is 3.46. The van der Waals surface area contributed by atoms with Crippen LogP contribution in [0.2, 0.25) is 0 Å². The number of anilines is 1. The van der Waals surface area contributed by atoms with Gasteiger partial charge >= 0.3 is 18.1 Å². The summed E-state index contributed by atoms with van der Waals surface area (Å²) >= 11 is 0. The predicted octanol–water partition coefficient (Wildman–Crippen LogP) is 3.31. The SMILES string of the molecule is O=C(OC1Nc2ccccc2C2=C1CCO2)C(F)(F)C(F)(F)F. The molecule has 0 aromatic heterocycles. The molecule has 0 fully saturated rings. The molecule has 1 N–H and O–H groups in total. The summed E-state index contributed by atoms with van der Waals surface area (Å²) in [6, 6.07) is 6.63. The van der Waals surface area contributed by atoms with Crippen LogP contribution in [-0.4, -0.2) is 30.9 Å². The van der Waals surface area contributed by atoms with E-state index in [-0.39, 0.29) is 13.0 Å². The molecule has 4 nitrogen and oxygen atoms in total.